The van der Waals surface area contributed by atoms with Crippen LogP contribution in [0.4, 0.5) is 0 Å². The monoisotopic (exact) mass is 404 g/mol. The highest BCUT2D eigenvalue weighted by molar-refractivity contribution is 5.80. The second kappa shape index (κ2) is 9.55. The average Bonchev–Trinajstić information content (AvgIpc) is 3.20. The molecule has 3 aromatic rings. The highest BCUT2D eigenvalue weighted by Gasteiger charge is 2.10. The van der Waals surface area contributed by atoms with E-state index in [9.17, 15) is 10.0 Å². The van der Waals surface area contributed by atoms with Gasteiger partial charge in [0.15, 0.2) is 0 Å². The first kappa shape index (κ1) is 20.1. The van der Waals surface area contributed by atoms with Gasteiger partial charge in [0.25, 0.3) is 0 Å². The van der Waals surface area contributed by atoms with E-state index in [2.05, 4.69) is 46.1 Å². The summed E-state index contributed by atoms with van der Waals surface area (Å²) < 4.78 is 7.15. The molecule has 0 bridgehead atoms. The molecule has 0 radical (unpaired) electrons. The van der Waals surface area contributed by atoms with E-state index in [-0.39, 0.29) is 6.54 Å². The van der Waals surface area contributed by atoms with Gasteiger partial charge in [-0.2, -0.15) is 5.10 Å². The van der Waals surface area contributed by atoms with E-state index in [0.717, 1.165) is 54.9 Å². The summed E-state index contributed by atoms with van der Waals surface area (Å²) in [7, 11) is 0. The van der Waals surface area contributed by atoms with Crippen molar-refractivity contribution in [2.24, 2.45) is 0 Å². The van der Waals surface area contributed by atoms with Crippen LogP contribution < -0.4 is 0 Å². The largest absolute Gasteiger partial charge is 0.379 e. The fraction of sp³-hybridized carbons (Fsp3) is 0.304. The first-order chi connectivity index (χ1) is 14.7. The van der Waals surface area contributed by atoms with Crippen molar-refractivity contribution in [2.45, 2.75) is 13.1 Å². The van der Waals surface area contributed by atoms with E-state index >= 15 is 0 Å². The molecular formula is C23H24N4O3. The van der Waals surface area contributed by atoms with E-state index in [4.69, 9.17) is 4.74 Å². The van der Waals surface area contributed by atoms with E-state index in [1.165, 1.54) is 5.56 Å². The van der Waals surface area contributed by atoms with Gasteiger partial charge < -0.3 is 4.74 Å². The fourth-order valence-electron chi connectivity index (χ4n) is 3.45. The maximum atomic E-state index is 10.5. The number of aromatic nitrogens is 2. The summed E-state index contributed by atoms with van der Waals surface area (Å²) >= 11 is 0. The summed E-state index contributed by atoms with van der Waals surface area (Å²) in [5.74, 6) is 6.44. The van der Waals surface area contributed by atoms with Crippen LogP contribution in [0.3, 0.4) is 0 Å². The van der Waals surface area contributed by atoms with Crippen LogP contribution in [0.15, 0.2) is 48.7 Å². The van der Waals surface area contributed by atoms with Crippen molar-refractivity contribution in [3.63, 3.8) is 0 Å². The summed E-state index contributed by atoms with van der Waals surface area (Å²) in [6, 6.07) is 14.3. The minimum atomic E-state index is 0.184. The lowest BCUT2D eigenvalue weighted by molar-refractivity contribution is -0.150. The smallest absolute Gasteiger partial charge is 0.233 e. The molecule has 7 nitrogen and oxygen atoms in total. The molecule has 0 spiro atoms. The number of ether oxygens (including phenoxy) is 1. The predicted octanol–water partition coefficient (Wildman–Crippen LogP) is 2.12. The summed E-state index contributed by atoms with van der Waals surface area (Å²) in [6.45, 7) is 5.13. The molecule has 4 rings (SSSR count). The summed E-state index contributed by atoms with van der Waals surface area (Å²) in [5, 5.41) is 15.2. The third kappa shape index (κ3) is 5.05. The number of hydrogen-bond donors (Lipinski definition) is 1. The van der Waals surface area contributed by atoms with E-state index < -0.39 is 0 Å². The number of hydroxylamine groups is 2. The topological polar surface area (TPSA) is 70.8 Å². The van der Waals surface area contributed by atoms with E-state index in [0.29, 0.717) is 18.0 Å². The molecule has 1 N–H and O–H groups in total. The second-order valence-corrected chi connectivity index (χ2v) is 7.25. The first-order valence-corrected chi connectivity index (χ1v) is 9.99. The summed E-state index contributed by atoms with van der Waals surface area (Å²) in [4.78, 5) is 12.9. The zero-order chi connectivity index (χ0) is 20.8. The van der Waals surface area contributed by atoms with E-state index in [1.807, 2.05) is 18.2 Å². The molecule has 1 amide bonds. The highest BCUT2D eigenvalue weighted by Crippen LogP contribution is 2.16. The van der Waals surface area contributed by atoms with E-state index in [1.54, 1.807) is 10.9 Å². The average molecular weight is 404 g/mol. The molecule has 1 aromatic heterocycles. The number of hydrogen-bond acceptors (Lipinski definition) is 5. The van der Waals surface area contributed by atoms with Gasteiger partial charge >= 0.3 is 0 Å². The Morgan fingerprint density at radius 1 is 1.10 bits per heavy atom. The van der Waals surface area contributed by atoms with Crippen LogP contribution in [0, 0.1) is 11.8 Å². The van der Waals surface area contributed by atoms with Gasteiger partial charge in [-0.25, -0.2) is 5.06 Å². The standard InChI is InChI=1S/C23H24N4O3/c28-18-26(29)9-10-27-23-8-7-20(15-22(23)16-24-27)4-1-19-2-5-21(6-3-19)17-25-11-13-30-14-12-25/h2-3,5-8,15-16,18,29H,9-14,17H2. The molecule has 2 aromatic carbocycles. The molecule has 1 fully saturated rings. The van der Waals surface area contributed by atoms with Crippen LogP contribution in [0.2, 0.25) is 0 Å². The Balaban J connectivity index is 1.41. The highest BCUT2D eigenvalue weighted by atomic mass is 16.5. The molecule has 1 saturated heterocycles. The number of morpholine rings is 1. The normalized spacial score (nSPS) is 14.3. The molecule has 0 atom stereocenters. The van der Waals surface area contributed by atoms with Gasteiger partial charge in [-0.1, -0.05) is 24.0 Å². The molecular weight excluding hydrogens is 380 g/mol. The number of benzene rings is 2. The lowest BCUT2D eigenvalue weighted by Gasteiger charge is -2.26. The van der Waals surface area contributed by atoms with Gasteiger partial charge in [0.05, 0.1) is 38.0 Å². The Hall–Kier alpha value is -3.18. The van der Waals surface area contributed by atoms with Gasteiger partial charge in [-0.15, -0.1) is 0 Å². The fourth-order valence-corrected chi connectivity index (χ4v) is 3.45. The minimum Gasteiger partial charge on any atom is -0.379 e. The molecule has 1 aliphatic rings. The lowest BCUT2D eigenvalue weighted by atomic mass is 10.1. The van der Waals surface area contributed by atoms with Gasteiger partial charge in [0.2, 0.25) is 6.41 Å². The number of fused-ring (bicyclic) bond motifs is 1. The van der Waals surface area contributed by atoms with Crippen LogP contribution in [-0.4, -0.2) is 64.2 Å². The molecule has 0 aliphatic carbocycles. The molecule has 0 saturated carbocycles. The number of carbonyl (C=O) groups excluding carboxylic acids is 1. The van der Waals surface area contributed by atoms with Gasteiger partial charge in [0, 0.05) is 36.1 Å². The Morgan fingerprint density at radius 3 is 2.60 bits per heavy atom. The maximum absolute atomic E-state index is 10.5. The van der Waals surface area contributed by atoms with Crippen molar-refractivity contribution in [3.8, 4) is 11.8 Å². The quantitative estimate of drug-likeness (QED) is 0.295. The van der Waals surface area contributed by atoms with Gasteiger partial charge in [0.1, 0.15) is 0 Å². The SMILES string of the molecule is O=CN(O)CCn1ncc2cc(C#Cc3ccc(CN4CCOCC4)cc3)ccc21. The molecule has 30 heavy (non-hydrogen) atoms. The number of carbonyl (C=O) groups is 1. The Labute approximate surface area is 175 Å². The minimum absolute atomic E-state index is 0.184. The van der Waals surface area contributed by atoms with Crippen molar-refractivity contribution < 1.29 is 14.7 Å². The molecule has 2 heterocycles. The number of amides is 1. The van der Waals surface area contributed by atoms with Crippen molar-refractivity contribution in [2.75, 3.05) is 32.8 Å². The maximum Gasteiger partial charge on any atom is 0.233 e. The van der Waals surface area contributed by atoms with Crippen molar-refractivity contribution in [1.29, 1.82) is 0 Å². The van der Waals surface area contributed by atoms with Crippen LogP contribution >= 0.6 is 0 Å². The van der Waals surface area contributed by atoms with Crippen LogP contribution in [0.25, 0.3) is 10.9 Å². The second-order valence-electron chi connectivity index (χ2n) is 7.25. The van der Waals surface area contributed by atoms with Gasteiger partial charge in [-0.05, 0) is 35.9 Å². The third-order valence-corrected chi connectivity index (χ3v) is 5.12. The third-order valence-electron chi connectivity index (χ3n) is 5.12. The molecule has 1 aliphatic heterocycles. The van der Waals surface area contributed by atoms with Gasteiger partial charge in [-0.3, -0.25) is 19.6 Å². The zero-order valence-corrected chi connectivity index (χ0v) is 16.7. The van der Waals surface area contributed by atoms with Crippen molar-refractivity contribution in [3.05, 3.63) is 65.4 Å². The number of nitrogens with zero attached hydrogens (tertiary/aromatic N) is 4. The van der Waals surface area contributed by atoms with Crippen molar-refractivity contribution >= 4 is 17.3 Å². The predicted molar refractivity (Wildman–Crippen MR) is 113 cm³/mol. The molecule has 0 unspecified atom stereocenters. The number of rotatable bonds is 6. The first-order valence-electron chi connectivity index (χ1n) is 9.99. The molecule has 7 heteroatoms. The Bertz CT molecular complexity index is 1060. The van der Waals surface area contributed by atoms with Crippen LogP contribution in [0.1, 0.15) is 16.7 Å². The van der Waals surface area contributed by atoms with Crippen LogP contribution in [-0.2, 0) is 22.6 Å². The lowest BCUT2D eigenvalue weighted by Crippen LogP contribution is -2.35. The van der Waals surface area contributed by atoms with Crippen LogP contribution in [0.5, 0.6) is 0 Å². The van der Waals surface area contributed by atoms with Crippen molar-refractivity contribution in [1.82, 2.24) is 19.7 Å². The summed E-state index contributed by atoms with van der Waals surface area (Å²) in [6.07, 6.45) is 2.15. The Morgan fingerprint density at radius 2 is 1.83 bits per heavy atom. The summed E-state index contributed by atoms with van der Waals surface area (Å²) in [5.41, 5.74) is 4.11. The molecule has 154 valence electrons. The zero-order valence-electron chi connectivity index (χ0n) is 16.7. The Kier molecular flexibility index (Phi) is 6.40.